The van der Waals surface area contributed by atoms with E-state index >= 15 is 0 Å². The zero-order valence-electron chi connectivity index (χ0n) is 18.7. The summed E-state index contributed by atoms with van der Waals surface area (Å²) in [5, 5.41) is 0. The van der Waals surface area contributed by atoms with E-state index in [1.807, 2.05) is 0 Å². The Morgan fingerprint density at radius 2 is 1.31 bits per heavy atom. The number of sulfonamides is 1. The summed E-state index contributed by atoms with van der Waals surface area (Å²) in [6.07, 6.45) is 0. The van der Waals surface area contributed by atoms with Gasteiger partial charge in [0.05, 0.1) is 45.1 Å². The Morgan fingerprint density at radius 1 is 0.719 bits per heavy atom. The van der Waals surface area contributed by atoms with Crippen LogP contribution in [-0.4, -0.2) is 36.9 Å². The van der Waals surface area contributed by atoms with Gasteiger partial charge < -0.3 is 18.9 Å². The van der Waals surface area contributed by atoms with Crippen LogP contribution in [0.4, 0.5) is 5.69 Å². The van der Waals surface area contributed by atoms with Crippen LogP contribution in [0, 0.1) is 0 Å². The molecule has 0 radical (unpaired) electrons. The van der Waals surface area contributed by atoms with Gasteiger partial charge in [-0.15, -0.1) is 0 Å². The molecule has 0 amide bonds. The molecule has 0 bridgehead atoms. The zero-order chi connectivity index (χ0) is 23.3. The predicted molar refractivity (Wildman–Crippen MR) is 124 cm³/mol. The van der Waals surface area contributed by atoms with Gasteiger partial charge in [0.2, 0.25) is 0 Å². The molecule has 0 saturated carbocycles. The standard InChI is InChI=1S/C24H27NO6S/c1-17(23-16-21(30-4)11-14-24(23)31-5)25(18-7-6-8-20(15-18)29-3)32(26,27)22-12-9-19(28-2)10-13-22/h6-17H,1-5H3/t17-/m0/s1. The van der Waals surface area contributed by atoms with Crippen LogP contribution in [-0.2, 0) is 10.0 Å². The Labute approximate surface area is 189 Å². The molecule has 3 aromatic rings. The van der Waals surface area contributed by atoms with E-state index < -0.39 is 16.1 Å². The first-order valence-corrected chi connectivity index (χ1v) is 11.3. The van der Waals surface area contributed by atoms with Crippen LogP contribution in [0.2, 0.25) is 0 Å². The van der Waals surface area contributed by atoms with Crippen molar-refractivity contribution in [3.8, 4) is 23.0 Å². The molecule has 0 unspecified atom stereocenters. The average Bonchev–Trinajstić information content (AvgIpc) is 2.83. The Bertz CT molecular complexity index is 1160. The van der Waals surface area contributed by atoms with E-state index in [9.17, 15) is 8.42 Å². The Morgan fingerprint density at radius 3 is 1.91 bits per heavy atom. The lowest BCUT2D eigenvalue weighted by Crippen LogP contribution is -2.34. The van der Waals surface area contributed by atoms with E-state index in [0.717, 1.165) is 0 Å². The van der Waals surface area contributed by atoms with E-state index in [2.05, 4.69) is 0 Å². The number of ether oxygens (including phenoxy) is 4. The third-order valence-electron chi connectivity index (χ3n) is 5.16. The maximum absolute atomic E-state index is 13.9. The molecule has 0 aromatic heterocycles. The van der Waals surface area contributed by atoms with Crippen LogP contribution in [0.1, 0.15) is 18.5 Å². The number of benzene rings is 3. The van der Waals surface area contributed by atoms with E-state index in [0.29, 0.717) is 34.2 Å². The highest BCUT2D eigenvalue weighted by molar-refractivity contribution is 7.92. The van der Waals surface area contributed by atoms with Gasteiger partial charge in [-0.2, -0.15) is 0 Å². The molecular formula is C24H27NO6S. The Balaban J connectivity index is 2.21. The highest BCUT2D eigenvalue weighted by atomic mass is 32.2. The van der Waals surface area contributed by atoms with E-state index in [-0.39, 0.29) is 4.90 Å². The molecule has 0 heterocycles. The maximum atomic E-state index is 13.9. The Hall–Kier alpha value is -3.39. The lowest BCUT2D eigenvalue weighted by Gasteiger charge is -2.32. The van der Waals surface area contributed by atoms with Crippen LogP contribution in [0.15, 0.2) is 71.6 Å². The molecule has 8 heteroatoms. The fourth-order valence-corrected chi connectivity index (χ4v) is 5.10. The van der Waals surface area contributed by atoms with Gasteiger partial charge in [0.1, 0.15) is 23.0 Å². The normalized spacial score (nSPS) is 12.0. The van der Waals surface area contributed by atoms with Crippen molar-refractivity contribution in [1.29, 1.82) is 0 Å². The number of anilines is 1. The second-order valence-electron chi connectivity index (χ2n) is 6.96. The zero-order valence-corrected chi connectivity index (χ0v) is 19.5. The van der Waals surface area contributed by atoms with Crippen molar-refractivity contribution in [1.82, 2.24) is 0 Å². The minimum atomic E-state index is -3.97. The minimum absolute atomic E-state index is 0.134. The molecule has 170 valence electrons. The molecule has 0 N–H and O–H groups in total. The quantitative estimate of drug-likeness (QED) is 0.465. The first-order valence-electron chi connectivity index (χ1n) is 9.90. The molecule has 3 rings (SSSR count). The molecule has 0 fully saturated rings. The maximum Gasteiger partial charge on any atom is 0.264 e. The van der Waals surface area contributed by atoms with Gasteiger partial charge >= 0.3 is 0 Å². The molecule has 32 heavy (non-hydrogen) atoms. The molecule has 0 saturated heterocycles. The summed E-state index contributed by atoms with van der Waals surface area (Å²) in [5.41, 5.74) is 1.12. The summed E-state index contributed by atoms with van der Waals surface area (Å²) in [7, 11) is 2.21. The average molecular weight is 458 g/mol. The Kier molecular flexibility index (Phi) is 7.15. The largest absolute Gasteiger partial charge is 0.497 e. The molecule has 1 atom stereocenters. The van der Waals surface area contributed by atoms with Gasteiger partial charge in [0.15, 0.2) is 0 Å². The molecule has 7 nitrogen and oxygen atoms in total. The van der Waals surface area contributed by atoms with Crippen molar-refractivity contribution >= 4 is 15.7 Å². The van der Waals surface area contributed by atoms with Crippen LogP contribution < -0.4 is 23.3 Å². The first kappa shape index (κ1) is 23.3. The third kappa shape index (κ3) is 4.60. The second-order valence-corrected chi connectivity index (χ2v) is 8.78. The number of rotatable bonds is 9. The summed E-state index contributed by atoms with van der Waals surface area (Å²) < 4.78 is 50.5. The number of methoxy groups -OCH3 is 4. The monoisotopic (exact) mass is 457 g/mol. The van der Waals surface area contributed by atoms with Crippen LogP contribution in [0.3, 0.4) is 0 Å². The van der Waals surface area contributed by atoms with Gasteiger partial charge in [-0.3, -0.25) is 4.31 Å². The van der Waals surface area contributed by atoms with Gasteiger partial charge in [-0.1, -0.05) is 6.07 Å². The van der Waals surface area contributed by atoms with Crippen LogP contribution in [0.5, 0.6) is 23.0 Å². The lowest BCUT2D eigenvalue weighted by molar-refractivity contribution is 0.396. The van der Waals surface area contributed by atoms with Crippen LogP contribution >= 0.6 is 0 Å². The number of nitrogens with zero attached hydrogens (tertiary/aromatic N) is 1. The molecule has 0 aliphatic heterocycles. The summed E-state index contributed by atoms with van der Waals surface area (Å²) >= 11 is 0. The van der Waals surface area contributed by atoms with Gasteiger partial charge in [0, 0.05) is 11.6 Å². The smallest absolute Gasteiger partial charge is 0.264 e. The summed E-state index contributed by atoms with van der Waals surface area (Å²) in [5.74, 6) is 2.26. The lowest BCUT2D eigenvalue weighted by atomic mass is 10.1. The summed E-state index contributed by atoms with van der Waals surface area (Å²) in [4.78, 5) is 0.134. The van der Waals surface area contributed by atoms with Crippen LogP contribution in [0.25, 0.3) is 0 Å². The fraction of sp³-hybridized carbons (Fsp3) is 0.250. The predicted octanol–water partition coefficient (Wildman–Crippen LogP) is 4.68. The molecule has 0 spiro atoms. The molecular weight excluding hydrogens is 430 g/mol. The highest BCUT2D eigenvalue weighted by Crippen LogP contribution is 2.39. The number of hydrogen-bond acceptors (Lipinski definition) is 6. The molecule has 3 aromatic carbocycles. The van der Waals surface area contributed by atoms with Gasteiger partial charge in [-0.25, -0.2) is 8.42 Å². The SMILES string of the molecule is COc1ccc(S(=O)(=O)N(c2cccc(OC)c2)[C@@H](C)c2cc(OC)ccc2OC)cc1. The third-order valence-corrected chi connectivity index (χ3v) is 7.08. The van der Waals surface area contributed by atoms with Crippen molar-refractivity contribution < 1.29 is 27.4 Å². The topological polar surface area (TPSA) is 74.3 Å². The van der Waals surface area contributed by atoms with Gasteiger partial charge in [0.25, 0.3) is 10.0 Å². The van der Waals surface area contributed by atoms with Gasteiger partial charge in [-0.05, 0) is 61.5 Å². The van der Waals surface area contributed by atoms with Crippen molar-refractivity contribution in [2.24, 2.45) is 0 Å². The minimum Gasteiger partial charge on any atom is -0.497 e. The van der Waals surface area contributed by atoms with Crippen molar-refractivity contribution in [2.75, 3.05) is 32.7 Å². The highest BCUT2D eigenvalue weighted by Gasteiger charge is 2.32. The number of hydrogen-bond donors (Lipinski definition) is 0. The van der Waals surface area contributed by atoms with Crippen molar-refractivity contribution in [3.63, 3.8) is 0 Å². The van der Waals surface area contributed by atoms with Crippen molar-refractivity contribution in [3.05, 3.63) is 72.3 Å². The van der Waals surface area contributed by atoms with Crippen molar-refractivity contribution in [2.45, 2.75) is 17.9 Å². The summed E-state index contributed by atoms with van der Waals surface area (Å²) in [6, 6.07) is 17.9. The van der Waals surface area contributed by atoms with E-state index in [1.54, 1.807) is 75.7 Å². The van der Waals surface area contributed by atoms with E-state index in [4.69, 9.17) is 18.9 Å². The molecule has 0 aliphatic rings. The summed E-state index contributed by atoms with van der Waals surface area (Å²) in [6.45, 7) is 1.80. The molecule has 0 aliphatic carbocycles. The van der Waals surface area contributed by atoms with E-state index in [1.165, 1.54) is 30.7 Å². The second kappa shape index (κ2) is 9.82. The fourth-order valence-electron chi connectivity index (χ4n) is 3.47. The first-order chi connectivity index (χ1) is 15.3.